The number of carbonyl (C=O) groups is 2. The van der Waals surface area contributed by atoms with Crippen LogP contribution in [0.4, 0.5) is 0 Å². The number of nitrogens with zero attached hydrogens (tertiary/aromatic N) is 2. The summed E-state index contributed by atoms with van der Waals surface area (Å²) in [5, 5.41) is 0. The molecule has 1 spiro atoms. The Kier molecular flexibility index (Phi) is 29.5. The smallest absolute Gasteiger partial charge is 0.305 e. The van der Waals surface area contributed by atoms with Crippen LogP contribution in [0.2, 0.25) is 0 Å². The van der Waals surface area contributed by atoms with Crippen molar-refractivity contribution in [3.8, 4) is 0 Å². The van der Waals surface area contributed by atoms with E-state index in [4.69, 9.17) is 18.9 Å². The van der Waals surface area contributed by atoms with E-state index in [2.05, 4.69) is 30.7 Å². The highest BCUT2D eigenvalue weighted by molar-refractivity contribution is 5.69. The van der Waals surface area contributed by atoms with Crippen LogP contribution in [0, 0.1) is 11.8 Å². The van der Waals surface area contributed by atoms with Crippen LogP contribution in [0.25, 0.3) is 0 Å². The van der Waals surface area contributed by atoms with E-state index >= 15 is 0 Å². The Balaban J connectivity index is 1.45. The first kappa shape index (κ1) is 51.1. The van der Waals surface area contributed by atoms with Crippen molar-refractivity contribution in [3.05, 3.63) is 0 Å². The molecule has 3 atom stereocenters. The van der Waals surface area contributed by atoms with E-state index in [1.54, 1.807) is 0 Å². The third kappa shape index (κ3) is 24.9. The van der Waals surface area contributed by atoms with Gasteiger partial charge in [0.1, 0.15) is 0 Å². The molecule has 0 aromatic heterocycles. The normalized spacial score (nSPS) is 28.9. The molecule has 3 rings (SSSR count). The van der Waals surface area contributed by atoms with Gasteiger partial charge in [-0.1, -0.05) is 155 Å². The summed E-state index contributed by atoms with van der Waals surface area (Å²) in [5.41, 5.74) is 0. The molecule has 0 aromatic rings. The minimum atomic E-state index is -0.407. The second-order valence-electron chi connectivity index (χ2n) is 18.9. The number of hydrogen-bond acceptors (Lipinski definition) is 8. The lowest BCUT2D eigenvalue weighted by Crippen LogP contribution is -2.45. The average molecular weight is 819 g/mol. The molecular weight excluding hydrogens is 725 g/mol. The second kappa shape index (κ2) is 33.4. The van der Waals surface area contributed by atoms with Crippen molar-refractivity contribution < 1.29 is 28.5 Å². The molecule has 3 saturated heterocycles. The van der Waals surface area contributed by atoms with Crippen molar-refractivity contribution >= 4 is 11.9 Å². The Morgan fingerprint density at radius 2 is 1.00 bits per heavy atom. The molecule has 0 radical (unpaired) electrons. The summed E-state index contributed by atoms with van der Waals surface area (Å²) in [7, 11) is 2.22. The fourth-order valence-corrected chi connectivity index (χ4v) is 9.53. The van der Waals surface area contributed by atoms with Gasteiger partial charge in [0.05, 0.1) is 25.9 Å². The van der Waals surface area contributed by atoms with Gasteiger partial charge in [-0.05, 0) is 63.8 Å². The van der Waals surface area contributed by atoms with E-state index in [0.29, 0.717) is 37.9 Å². The van der Waals surface area contributed by atoms with Gasteiger partial charge in [-0.2, -0.15) is 0 Å². The van der Waals surface area contributed by atoms with Gasteiger partial charge in [0.2, 0.25) is 0 Å². The fourth-order valence-electron chi connectivity index (χ4n) is 9.53. The summed E-state index contributed by atoms with van der Waals surface area (Å²) in [6, 6.07) is 0. The Morgan fingerprint density at radius 3 is 1.48 bits per heavy atom. The number of likely N-dealkylation sites (N-methyl/N-ethyl adjacent to an activating group) is 1. The predicted octanol–water partition coefficient (Wildman–Crippen LogP) is 12.6. The van der Waals surface area contributed by atoms with Gasteiger partial charge >= 0.3 is 11.9 Å². The topological polar surface area (TPSA) is 77.5 Å². The van der Waals surface area contributed by atoms with Gasteiger partial charge in [-0.3, -0.25) is 9.59 Å². The van der Waals surface area contributed by atoms with Gasteiger partial charge in [-0.25, -0.2) is 0 Å². The molecule has 0 bridgehead atoms. The van der Waals surface area contributed by atoms with E-state index in [1.807, 2.05) is 0 Å². The number of esters is 2. The number of hydrogen-bond donors (Lipinski definition) is 0. The summed E-state index contributed by atoms with van der Waals surface area (Å²) >= 11 is 0. The van der Waals surface area contributed by atoms with Crippen LogP contribution < -0.4 is 0 Å². The maximum Gasteiger partial charge on any atom is 0.305 e. The van der Waals surface area contributed by atoms with Crippen LogP contribution in [-0.2, 0) is 28.5 Å². The zero-order chi connectivity index (χ0) is 41.4. The van der Waals surface area contributed by atoms with Crippen LogP contribution in [0.1, 0.15) is 226 Å². The molecule has 8 nitrogen and oxygen atoms in total. The number of cyclic esters (lactones) is 2. The molecule has 0 aliphatic carbocycles. The summed E-state index contributed by atoms with van der Waals surface area (Å²) in [6.45, 7) is 12.2. The van der Waals surface area contributed by atoms with Crippen molar-refractivity contribution in [3.63, 3.8) is 0 Å². The lowest BCUT2D eigenvalue weighted by molar-refractivity contribution is -0.180. The molecule has 58 heavy (non-hydrogen) atoms. The Hall–Kier alpha value is -1.22. The van der Waals surface area contributed by atoms with Crippen LogP contribution in [-0.4, -0.2) is 93.2 Å². The van der Waals surface area contributed by atoms with Crippen molar-refractivity contribution in [1.82, 2.24) is 9.80 Å². The molecule has 340 valence electrons. The van der Waals surface area contributed by atoms with Crippen LogP contribution >= 0.6 is 0 Å². The first-order valence-electron chi connectivity index (χ1n) is 25.4. The highest BCUT2D eigenvalue weighted by Crippen LogP contribution is 2.36. The molecule has 3 fully saturated rings. The van der Waals surface area contributed by atoms with Crippen LogP contribution in [0.15, 0.2) is 0 Å². The van der Waals surface area contributed by atoms with Crippen LogP contribution in [0.5, 0.6) is 0 Å². The third-order valence-electron chi connectivity index (χ3n) is 13.6. The quantitative estimate of drug-likeness (QED) is 0.213. The molecular formula is C50H94N2O6. The zero-order valence-corrected chi connectivity index (χ0v) is 38.6. The molecule has 3 unspecified atom stereocenters. The number of ether oxygens (including phenoxy) is 4. The van der Waals surface area contributed by atoms with E-state index < -0.39 is 5.79 Å². The number of unbranched alkanes of at least 4 members (excludes halogenated alkanes) is 2. The summed E-state index contributed by atoms with van der Waals surface area (Å²) in [6.07, 6.45) is 37.8. The predicted molar refractivity (Wildman–Crippen MR) is 240 cm³/mol. The molecule has 3 heterocycles. The molecule has 8 heteroatoms. The van der Waals surface area contributed by atoms with E-state index in [1.165, 1.54) is 128 Å². The Morgan fingerprint density at radius 1 is 0.552 bits per heavy atom. The molecule has 0 N–H and O–H groups in total. The van der Waals surface area contributed by atoms with E-state index in [0.717, 1.165) is 110 Å². The average Bonchev–Trinajstić information content (AvgIpc) is 3.63. The zero-order valence-electron chi connectivity index (χ0n) is 38.6. The summed E-state index contributed by atoms with van der Waals surface area (Å²) in [5.74, 6) is 0.927. The minimum Gasteiger partial charge on any atom is -0.466 e. The molecule has 0 amide bonds. The standard InChI is InChI=1S/C50H94N2O6/c1-4-6-26-45-28-20-16-17-21-29-46(27-7-5-2)34-43-56-49(54)31-23-15-11-9-13-19-25-36-50(35-24-18-12-8-10-14-22-30-48(53)55-42-33-45)57-44-47(58-50)32-37-52-40-38-51(3)39-41-52/h45-47H,4-44H2,1-3H3. The molecule has 3 aliphatic heterocycles. The second-order valence-corrected chi connectivity index (χ2v) is 18.9. The van der Waals surface area contributed by atoms with E-state index in [9.17, 15) is 9.59 Å². The van der Waals surface area contributed by atoms with Gasteiger partial charge in [0, 0.05) is 58.4 Å². The fraction of sp³-hybridized carbons (Fsp3) is 0.960. The van der Waals surface area contributed by atoms with E-state index in [-0.39, 0.29) is 18.0 Å². The monoisotopic (exact) mass is 819 g/mol. The van der Waals surface area contributed by atoms with Gasteiger partial charge in [0.15, 0.2) is 5.79 Å². The van der Waals surface area contributed by atoms with Crippen molar-refractivity contribution in [1.29, 1.82) is 0 Å². The lowest BCUT2D eigenvalue weighted by Gasteiger charge is -2.33. The molecule has 3 aliphatic rings. The summed E-state index contributed by atoms with van der Waals surface area (Å²) in [4.78, 5) is 30.1. The SMILES string of the molecule is CCCCC1CCCCCCC(CCCC)CCOC(=O)CCCCCCCCCC2(CCCCCCCCCC(=O)OCC1)OCC(CCN1CCN(C)CC1)O2. The minimum absolute atomic E-state index is 0.00180. The van der Waals surface area contributed by atoms with Crippen LogP contribution in [0.3, 0.4) is 0 Å². The number of carbonyl (C=O) groups excluding carboxylic acids is 2. The first-order chi connectivity index (χ1) is 28.4. The molecule has 0 saturated carbocycles. The van der Waals surface area contributed by atoms with Crippen molar-refractivity contribution in [2.75, 3.05) is 59.6 Å². The maximum absolute atomic E-state index is 12.5. The van der Waals surface area contributed by atoms with Gasteiger partial charge in [-0.15, -0.1) is 0 Å². The number of rotatable bonds is 9. The molecule has 0 aromatic carbocycles. The lowest BCUT2D eigenvalue weighted by atomic mass is 9.90. The van der Waals surface area contributed by atoms with Gasteiger partial charge < -0.3 is 28.7 Å². The largest absolute Gasteiger partial charge is 0.466 e. The third-order valence-corrected chi connectivity index (χ3v) is 13.6. The number of piperazine rings is 1. The Bertz CT molecular complexity index is 947. The Labute approximate surface area is 358 Å². The first-order valence-corrected chi connectivity index (χ1v) is 25.4. The van der Waals surface area contributed by atoms with Crippen molar-refractivity contribution in [2.45, 2.75) is 238 Å². The summed E-state index contributed by atoms with van der Waals surface area (Å²) < 4.78 is 24.9. The highest BCUT2D eigenvalue weighted by Gasteiger charge is 2.40. The van der Waals surface area contributed by atoms with Gasteiger partial charge in [0.25, 0.3) is 0 Å². The highest BCUT2D eigenvalue weighted by atomic mass is 16.7. The van der Waals surface area contributed by atoms with Crippen molar-refractivity contribution in [2.24, 2.45) is 11.8 Å². The maximum atomic E-state index is 12.5.